The number of nitro benzene ring substituents is 1. The van der Waals surface area contributed by atoms with Crippen molar-refractivity contribution in [1.82, 2.24) is 5.32 Å². The number of rotatable bonds is 5. The van der Waals surface area contributed by atoms with Crippen molar-refractivity contribution < 1.29 is 9.66 Å². The molecule has 2 rings (SSSR count). The van der Waals surface area contributed by atoms with Gasteiger partial charge < -0.3 is 15.0 Å². The molecule has 0 saturated carbocycles. The molecule has 0 aromatic heterocycles. The van der Waals surface area contributed by atoms with E-state index in [0.29, 0.717) is 18.4 Å². The van der Waals surface area contributed by atoms with Crippen molar-refractivity contribution in [3.8, 4) is 5.75 Å². The number of nitrogens with one attached hydrogen (secondary N) is 1. The summed E-state index contributed by atoms with van der Waals surface area (Å²) in [6.45, 7) is 4.13. The quantitative estimate of drug-likeness (QED) is 0.649. The van der Waals surface area contributed by atoms with Crippen LogP contribution in [0.5, 0.6) is 5.75 Å². The molecule has 6 heteroatoms. The highest BCUT2D eigenvalue weighted by molar-refractivity contribution is 5.58. The third kappa shape index (κ3) is 3.14. The van der Waals surface area contributed by atoms with E-state index < -0.39 is 0 Å². The predicted molar refractivity (Wildman–Crippen MR) is 73.9 cm³/mol. The Balaban J connectivity index is 2.26. The molecule has 1 aromatic rings. The summed E-state index contributed by atoms with van der Waals surface area (Å²) in [5.41, 5.74) is 0.934. The molecule has 1 aliphatic rings. The summed E-state index contributed by atoms with van der Waals surface area (Å²) in [6, 6.07) is 5.39. The van der Waals surface area contributed by atoms with E-state index in [4.69, 9.17) is 4.74 Å². The van der Waals surface area contributed by atoms with E-state index in [1.54, 1.807) is 6.07 Å². The summed E-state index contributed by atoms with van der Waals surface area (Å²) in [6.07, 6.45) is 1.04. The highest BCUT2D eigenvalue weighted by Gasteiger charge is 2.23. The van der Waals surface area contributed by atoms with E-state index in [1.165, 1.54) is 6.07 Å². The number of anilines is 1. The summed E-state index contributed by atoms with van der Waals surface area (Å²) in [7, 11) is 1.94. The van der Waals surface area contributed by atoms with Crippen LogP contribution in [0.25, 0.3) is 0 Å². The van der Waals surface area contributed by atoms with Gasteiger partial charge in [0.1, 0.15) is 5.75 Å². The zero-order chi connectivity index (χ0) is 13.8. The van der Waals surface area contributed by atoms with Gasteiger partial charge in [-0.1, -0.05) is 0 Å². The fourth-order valence-electron chi connectivity index (χ4n) is 2.34. The van der Waals surface area contributed by atoms with Gasteiger partial charge >= 0.3 is 0 Å². The zero-order valence-corrected chi connectivity index (χ0v) is 11.3. The summed E-state index contributed by atoms with van der Waals surface area (Å²) in [5.74, 6) is 0.555. The van der Waals surface area contributed by atoms with E-state index in [-0.39, 0.29) is 10.6 Å². The third-order valence-corrected chi connectivity index (χ3v) is 3.36. The van der Waals surface area contributed by atoms with Crippen LogP contribution in [0.2, 0.25) is 0 Å². The summed E-state index contributed by atoms with van der Waals surface area (Å²) in [5, 5.41) is 14.2. The van der Waals surface area contributed by atoms with Crippen LogP contribution in [0, 0.1) is 10.1 Å². The monoisotopic (exact) mass is 265 g/mol. The van der Waals surface area contributed by atoms with Crippen molar-refractivity contribution in [1.29, 1.82) is 0 Å². The maximum absolute atomic E-state index is 11.0. The number of hydrogen-bond acceptors (Lipinski definition) is 5. The average molecular weight is 265 g/mol. The van der Waals surface area contributed by atoms with E-state index >= 15 is 0 Å². The lowest BCUT2D eigenvalue weighted by molar-refractivity contribution is -0.384. The minimum atomic E-state index is -0.377. The Bertz CT molecular complexity index is 464. The highest BCUT2D eigenvalue weighted by atomic mass is 16.6. The van der Waals surface area contributed by atoms with Gasteiger partial charge in [0, 0.05) is 37.0 Å². The van der Waals surface area contributed by atoms with Crippen molar-refractivity contribution in [2.24, 2.45) is 0 Å². The van der Waals surface area contributed by atoms with Crippen LogP contribution in [0.4, 0.5) is 11.4 Å². The number of likely N-dealkylation sites (N-methyl/N-ethyl adjacent to an activating group) is 1. The molecule has 104 valence electrons. The fourth-order valence-corrected chi connectivity index (χ4v) is 2.34. The molecule has 0 bridgehead atoms. The van der Waals surface area contributed by atoms with Crippen molar-refractivity contribution in [2.45, 2.75) is 19.4 Å². The van der Waals surface area contributed by atoms with Crippen molar-refractivity contribution in [3.05, 3.63) is 28.3 Å². The number of benzene rings is 1. The fraction of sp³-hybridized carbons (Fsp3) is 0.538. The molecule has 0 spiro atoms. The molecule has 1 aromatic carbocycles. The molecule has 0 amide bonds. The van der Waals surface area contributed by atoms with Gasteiger partial charge in [-0.3, -0.25) is 10.1 Å². The molecule has 1 fully saturated rings. The van der Waals surface area contributed by atoms with Crippen LogP contribution in [-0.2, 0) is 0 Å². The molecule has 0 aliphatic carbocycles. The average Bonchev–Trinajstić information content (AvgIpc) is 2.87. The molecular formula is C13H19N3O3. The number of ether oxygens (including phenoxy) is 1. The molecular weight excluding hydrogens is 246 g/mol. The lowest BCUT2D eigenvalue weighted by atomic mass is 10.2. The van der Waals surface area contributed by atoms with Crippen molar-refractivity contribution in [3.63, 3.8) is 0 Å². The number of nitrogens with zero attached hydrogens (tertiary/aromatic N) is 2. The van der Waals surface area contributed by atoms with Crippen LogP contribution in [0.15, 0.2) is 18.2 Å². The van der Waals surface area contributed by atoms with Gasteiger partial charge in [0.25, 0.3) is 5.69 Å². The first-order valence-electron chi connectivity index (χ1n) is 6.48. The third-order valence-electron chi connectivity index (χ3n) is 3.36. The standard InChI is InChI=1S/C13H19N3O3/c1-3-19-13-7-11(6-12(8-13)16(17)18)15-5-4-10(9-15)14-2/h6-8,10,14H,3-5,9H2,1-2H3. The molecule has 1 atom stereocenters. The minimum Gasteiger partial charge on any atom is -0.494 e. The Hall–Kier alpha value is -1.82. The summed E-state index contributed by atoms with van der Waals surface area (Å²) in [4.78, 5) is 12.7. The Labute approximate surface area is 112 Å². The van der Waals surface area contributed by atoms with Crippen LogP contribution >= 0.6 is 0 Å². The normalized spacial score (nSPS) is 18.6. The van der Waals surface area contributed by atoms with Crippen LogP contribution < -0.4 is 15.0 Å². The Morgan fingerprint density at radius 1 is 1.53 bits per heavy atom. The largest absolute Gasteiger partial charge is 0.494 e. The molecule has 19 heavy (non-hydrogen) atoms. The molecule has 1 heterocycles. The zero-order valence-electron chi connectivity index (χ0n) is 11.3. The van der Waals surface area contributed by atoms with Gasteiger partial charge in [-0.2, -0.15) is 0 Å². The lowest BCUT2D eigenvalue weighted by Gasteiger charge is -2.19. The lowest BCUT2D eigenvalue weighted by Crippen LogP contribution is -2.29. The SMILES string of the molecule is CCOc1cc(N2CCC(NC)C2)cc([N+](=O)[O-])c1. The number of nitro groups is 1. The number of hydrogen-bond donors (Lipinski definition) is 1. The number of non-ortho nitro benzene ring substituents is 1. The van der Waals surface area contributed by atoms with E-state index in [1.807, 2.05) is 20.0 Å². The molecule has 1 N–H and O–H groups in total. The van der Waals surface area contributed by atoms with Crippen molar-refractivity contribution in [2.75, 3.05) is 31.6 Å². The summed E-state index contributed by atoms with van der Waals surface area (Å²) >= 11 is 0. The van der Waals surface area contributed by atoms with Gasteiger partial charge in [-0.05, 0) is 20.4 Å². The maximum Gasteiger partial charge on any atom is 0.275 e. The second kappa shape index (κ2) is 5.88. The Morgan fingerprint density at radius 2 is 2.32 bits per heavy atom. The maximum atomic E-state index is 11.0. The predicted octanol–water partition coefficient (Wildman–Crippen LogP) is 1.79. The molecule has 1 aliphatic heterocycles. The van der Waals surface area contributed by atoms with Gasteiger partial charge in [0.15, 0.2) is 0 Å². The van der Waals surface area contributed by atoms with E-state index in [0.717, 1.165) is 25.2 Å². The first kappa shape index (κ1) is 13.6. The van der Waals surface area contributed by atoms with Gasteiger partial charge in [0.2, 0.25) is 0 Å². The van der Waals surface area contributed by atoms with Gasteiger partial charge in [-0.15, -0.1) is 0 Å². The van der Waals surface area contributed by atoms with E-state index in [9.17, 15) is 10.1 Å². The Morgan fingerprint density at radius 3 is 2.89 bits per heavy atom. The van der Waals surface area contributed by atoms with Gasteiger partial charge in [-0.25, -0.2) is 0 Å². The Kier molecular flexibility index (Phi) is 4.21. The molecule has 1 unspecified atom stereocenters. The topological polar surface area (TPSA) is 67.6 Å². The smallest absolute Gasteiger partial charge is 0.275 e. The van der Waals surface area contributed by atoms with Crippen LogP contribution in [0.3, 0.4) is 0 Å². The summed E-state index contributed by atoms with van der Waals surface area (Å²) < 4.78 is 5.40. The molecule has 1 saturated heterocycles. The van der Waals surface area contributed by atoms with E-state index in [2.05, 4.69) is 10.2 Å². The first-order chi connectivity index (χ1) is 9.13. The van der Waals surface area contributed by atoms with Gasteiger partial charge in [0.05, 0.1) is 17.6 Å². The second-order valence-corrected chi connectivity index (χ2v) is 4.60. The van der Waals surface area contributed by atoms with Crippen LogP contribution in [0.1, 0.15) is 13.3 Å². The highest BCUT2D eigenvalue weighted by Crippen LogP contribution is 2.30. The van der Waals surface area contributed by atoms with Crippen molar-refractivity contribution >= 4 is 11.4 Å². The minimum absolute atomic E-state index is 0.0776. The van der Waals surface area contributed by atoms with Crippen LogP contribution in [-0.4, -0.2) is 37.7 Å². The molecule has 0 radical (unpaired) electrons. The first-order valence-corrected chi connectivity index (χ1v) is 6.48. The second-order valence-electron chi connectivity index (χ2n) is 4.60. The molecule has 6 nitrogen and oxygen atoms in total.